The number of nitrogens with zero attached hydrogens (tertiary/aromatic N) is 5. The molecule has 0 aliphatic carbocycles. The fraction of sp³-hybridized carbons (Fsp3) is 0.500. The van der Waals surface area contributed by atoms with E-state index in [0.29, 0.717) is 13.1 Å². The summed E-state index contributed by atoms with van der Waals surface area (Å²) in [5.74, 6) is 0.184. The Morgan fingerprint density at radius 2 is 2.04 bits per heavy atom. The van der Waals surface area contributed by atoms with Crippen molar-refractivity contribution in [3.05, 3.63) is 36.2 Å². The normalized spacial score (nSPS) is 19.8. The zero-order chi connectivity index (χ0) is 17.3. The van der Waals surface area contributed by atoms with Crippen LogP contribution in [0.1, 0.15) is 24.3 Å². The highest BCUT2D eigenvalue weighted by Crippen LogP contribution is 2.30. The van der Waals surface area contributed by atoms with Crippen LogP contribution in [0.15, 0.2) is 30.6 Å². The number of aryl methyl sites for hydroxylation is 1. The predicted octanol–water partition coefficient (Wildman–Crippen LogP) is 1.47. The summed E-state index contributed by atoms with van der Waals surface area (Å²) in [6, 6.07) is 5.96. The molecule has 3 rings (SSSR count). The number of pyridine rings is 1. The van der Waals surface area contributed by atoms with Crippen LogP contribution in [-0.4, -0.2) is 59.0 Å². The maximum atomic E-state index is 12.4. The van der Waals surface area contributed by atoms with Gasteiger partial charge in [-0.15, -0.1) is 0 Å². The molecule has 1 aliphatic heterocycles. The Hall–Kier alpha value is -1.77. The third-order valence-corrected chi connectivity index (χ3v) is 6.42. The average Bonchev–Trinajstić information content (AvgIpc) is 3.01. The first-order valence-electron chi connectivity index (χ1n) is 8.01. The molecule has 2 aromatic rings. The molecule has 0 N–H and O–H groups in total. The summed E-state index contributed by atoms with van der Waals surface area (Å²) < 4.78 is 29.4. The van der Waals surface area contributed by atoms with E-state index in [-0.39, 0.29) is 5.92 Å². The van der Waals surface area contributed by atoms with Crippen molar-refractivity contribution in [2.24, 2.45) is 7.05 Å². The first kappa shape index (κ1) is 17.1. The van der Waals surface area contributed by atoms with Gasteiger partial charge in [0.1, 0.15) is 0 Å². The summed E-state index contributed by atoms with van der Waals surface area (Å²) >= 11 is 0. The van der Waals surface area contributed by atoms with E-state index >= 15 is 0 Å². The summed E-state index contributed by atoms with van der Waals surface area (Å²) in [6.45, 7) is 1.09. The quantitative estimate of drug-likeness (QED) is 0.838. The second-order valence-corrected chi connectivity index (χ2v) is 8.44. The smallest absolute Gasteiger partial charge is 0.266 e. The van der Waals surface area contributed by atoms with Gasteiger partial charge in [-0.25, -0.2) is 0 Å². The van der Waals surface area contributed by atoms with Crippen LogP contribution in [0.2, 0.25) is 0 Å². The van der Waals surface area contributed by atoms with Gasteiger partial charge in [-0.2, -0.15) is 22.1 Å². The molecule has 1 aliphatic rings. The van der Waals surface area contributed by atoms with Gasteiger partial charge in [0.15, 0.2) is 0 Å². The Bertz CT molecular complexity index is 815. The van der Waals surface area contributed by atoms with Crippen LogP contribution in [0, 0.1) is 0 Å². The molecule has 0 spiro atoms. The average molecular weight is 349 g/mol. The zero-order valence-corrected chi connectivity index (χ0v) is 15.1. The third-order valence-electron chi connectivity index (χ3n) is 4.51. The van der Waals surface area contributed by atoms with Gasteiger partial charge >= 0.3 is 0 Å². The lowest BCUT2D eigenvalue weighted by atomic mass is 9.91. The molecule has 0 unspecified atom stereocenters. The lowest BCUT2D eigenvalue weighted by Crippen LogP contribution is -2.44. The topological polar surface area (TPSA) is 71.3 Å². The molecule has 1 atom stereocenters. The molecular formula is C16H23N5O2S. The molecule has 1 saturated heterocycles. The van der Waals surface area contributed by atoms with Gasteiger partial charge in [0, 0.05) is 46.6 Å². The van der Waals surface area contributed by atoms with Crippen LogP contribution in [0.4, 0.5) is 0 Å². The number of aromatic nitrogens is 3. The minimum Gasteiger partial charge on any atom is -0.266 e. The molecular weight excluding hydrogens is 326 g/mol. The van der Waals surface area contributed by atoms with Crippen molar-refractivity contribution in [2.75, 3.05) is 27.2 Å². The highest BCUT2D eigenvalue weighted by molar-refractivity contribution is 7.86. The van der Waals surface area contributed by atoms with E-state index in [1.165, 1.54) is 4.31 Å². The van der Waals surface area contributed by atoms with Crippen molar-refractivity contribution < 1.29 is 8.42 Å². The number of rotatable bonds is 4. The van der Waals surface area contributed by atoms with Gasteiger partial charge in [-0.05, 0) is 42.5 Å². The Morgan fingerprint density at radius 3 is 2.71 bits per heavy atom. The van der Waals surface area contributed by atoms with E-state index < -0.39 is 10.2 Å². The van der Waals surface area contributed by atoms with Crippen molar-refractivity contribution in [2.45, 2.75) is 18.8 Å². The van der Waals surface area contributed by atoms with E-state index in [9.17, 15) is 8.42 Å². The van der Waals surface area contributed by atoms with Gasteiger partial charge in [0.25, 0.3) is 10.2 Å². The Balaban J connectivity index is 1.86. The van der Waals surface area contributed by atoms with Crippen molar-refractivity contribution in [3.63, 3.8) is 0 Å². The molecule has 130 valence electrons. The molecule has 24 heavy (non-hydrogen) atoms. The summed E-state index contributed by atoms with van der Waals surface area (Å²) in [4.78, 5) is 4.43. The van der Waals surface area contributed by atoms with Crippen molar-refractivity contribution in [3.8, 4) is 11.4 Å². The van der Waals surface area contributed by atoms with Crippen molar-refractivity contribution in [1.29, 1.82) is 0 Å². The highest BCUT2D eigenvalue weighted by Gasteiger charge is 2.31. The molecule has 0 amide bonds. The second kappa shape index (κ2) is 6.62. The van der Waals surface area contributed by atoms with Crippen LogP contribution in [0.25, 0.3) is 11.4 Å². The van der Waals surface area contributed by atoms with E-state index in [2.05, 4.69) is 10.1 Å². The maximum Gasteiger partial charge on any atom is 0.281 e. The maximum absolute atomic E-state index is 12.4. The fourth-order valence-electron chi connectivity index (χ4n) is 3.12. The monoisotopic (exact) mass is 349 g/mol. The first-order valence-corrected chi connectivity index (χ1v) is 9.41. The van der Waals surface area contributed by atoms with Crippen molar-refractivity contribution >= 4 is 10.2 Å². The summed E-state index contributed by atoms with van der Waals surface area (Å²) in [5, 5.41) is 4.18. The van der Waals surface area contributed by atoms with E-state index in [4.69, 9.17) is 0 Å². The standard InChI is InChI=1S/C16H23N5O2S/c1-19(2)24(22,23)21-10-4-5-14(12-21)13-6-8-17-15(11-13)16-7-9-18-20(16)3/h6-9,11,14H,4-5,10,12H2,1-3H3/t14-/m0/s1. The second-order valence-electron chi connectivity index (χ2n) is 6.30. The SMILES string of the molecule is CN(C)S(=O)(=O)N1CCC[C@H](c2ccnc(-c3ccnn3C)c2)C1. The number of hydrogen-bond acceptors (Lipinski definition) is 4. The molecule has 0 saturated carbocycles. The largest absolute Gasteiger partial charge is 0.281 e. The lowest BCUT2D eigenvalue weighted by Gasteiger charge is -2.33. The number of piperidine rings is 1. The Labute approximate surface area is 143 Å². The first-order chi connectivity index (χ1) is 11.4. The van der Waals surface area contributed by atoms with Crippen LogP contribution >= 0.6 is 0 Å². The van der Waals surface area contributed by atoms with Gasteiger partial charge in [-0.1, -0.05) is 0 Å². The van der Waals surface area contributed by atoms with Crippen LogP contribution in [0.3, 0.4) is 0 Å². The van der Waals surface area contributed by atoms with Gasteiger partial charge in [0.2, 0.25) is 0 Å². The third kappa shape index (κ3) is 3.22. The zero-order valence-electron chi connectivity index (χ0n) is 14.3. The molecule has 7 nitrogen and oxygen atoms in total. The van der Waals surface area contributed by atoms with E-state index in [1.54, 1.807) is 35.5 Å². The predicted molar refractivity (Wildman–Crippen MR) is 92.6 cm³/mol. The fourth-order valence-corrected chi connectivity index (χ4v) is 4.31. The molecule has 8 heteroatoms. The van der Waals surface area contributed by atoms with Crippen LogP contribution in [0.5, 0.6) is 0 Å². The Morgan fingerprint density at radius 1 is 1.25 bits per heavy atom. The summed E-state index contributed by atoms with van der Waals surface area (Å²) in [6.07, 6.45) is 5.38. The summed E-state index contributed by atoms with van der Waals surface area (Å²) in [5.41, 5.74) is 2.94. The molecule has 3 heterocycles. The van der Waals surface area contributed by atoms with Gasteiger partial charge in [0.05, 0.1) is 11.4 Å². The molecule has 0 aromatic carbocycles. The van der Waals surface area contributed by atoms with Crippen LogP contribution < -0.4 is 0 Å². The molecule has 1 fully saturated rings. The van der Waals surface area contributed by atoms with Gasteiger partial charge < -0.3 is 0 Å². The molecule has 0 radical (unpaired) electrons. The highest BCUT2D eigenvalue weighted by atomic mass is 32.2. The lowest BCUT2D eigenvalue weighted by molar-refractivity contribution is 0.298. The Kier molecular flexibility index (Phi) is 4.71. The van der Waals surface area contributed by atoms with E-state index in [1.807, 2.05) is 25.2 Å². The molecule has 2 aromatic heterocycles. The number of hydrogen-bond donors (Lipinski definition) is 0. The molecule has 0 bridgehead atoms. The van der Waals surface area contributed by atoms with Gasteiger partial charge in [-0.3, -0.25) is 9.67 Å². The van der Waals surface area contributed by atoms with Crippen LogP contribution in [-0.2, 0) is 17.3 Å². The minimum absolute atomic E-state index is 0.184. The summed E-state index contributed by atoms with van der Waals surface area (Å²) in [7, 11) is 1.67. The minimum atomic E-state index is -3.36. The van der Waals surface area contributed by atoms with Crippen molar-refractivity contribution in [1.82, 2.24) is 23.4 Å². The van der Waals surface area contributed by atoms with E-state index in [0.717, 1.165) is 29.8 Å².